The Morgan fingerprint density at radius 1 is 1.17 bits per heavy atom. The van der Waals surface area contributed by atoms with Gasteiger partial charge in [0.05, 0.1) is 12.2 Å². The highest BCUT2D eigenvalue weighted by Gasteiger charge is 2.42. The van der Waals surface area contributed by atoms with Gasteiger partial charge in [0.15, 0.2) is 0 Å². The molecule has 1 aromatic carbocycles. The maximum Gasteiger partial charge on any atom is 0.296 e. The Hall–Kier alpha value is -2.40. The van der Waals surface area contributed by atoms with E-state index in [1.165, 1.54) is 4.90 Å². The molecule has 1 amide bonds. The highest BCUT2D eigenvalue weighted by atomic mass is 16.3. The van der Waals surface area contributed by atoms with Crippen molar-refractivity contribution in [2.24, 2.45) is 7.05 Å². The first kappa shape index (κ1) is 15.5. The average molecular weight is 312 g/mol. The zero-order valence-corrected chi connectivity index (χ0v) is 13.3. The summed E-state index contributed by atoms with van der Waals surface area (Å²) in [4.78, 5) is 26.2. The first-order chi connectivity index (χ1) is 10.9. The number of benzene rings is 1. The van der Waals surface area contributed by atoms with Gasteiger partial charge in [-0.1, -0.05) is 24.3 Å². The fourth-order valence-electron chi connectivity index (χ4n) is 3.23. The summed E-state index contributed by atoms with van der Waals surface area (Å²) in [6.45, 7) is 2.46. The second-order valence-electron chi connectivity index (χ2n) is 6.16. The van der Waals surface area contributed by atoms with Crippen LogP contribution in [0.2, 0.25) is 0 Å². The number of aryl methyl sites for hydroxylation is 2. The minimum Gasteiger partial charge on any atom is -0.383 e. The quantitative estimate of drug-likeness (QED) is 0.692. The number of β-amino-alcohol motifs (C(OH)–C–C–N with tert-alkyl or cyclic N) is 1. The monoisotopic (exact) mass is 312 g/mol. The molecule has 0 unspecified atom stereocenters. The van der Waals surface area contributed by atoms with Crippen molar-refractivity contribution in [3.8, 4) is 0 Å². The Morgan fingerprint density at radius 2 is 1.91 bits per heavy atom. The Morgan fingerprint density at radius 3 is 2.57 bits per heavy atom. The molecule has 5 nitrogen and oxygen atoms in total. The molecule has 1 N–H and O–H groups in total. The molecule has 23 heavy (non-hydrogen) atoms. The summed E-state index contributed by atoms with van der Waals surface area (Å²) in [5.41, 5.74) is 1.08. The van der Waals surface area contributed by atoms with E-state index in [0.717, 1.165) is 11.1 Å². The molecule has 2 aromatic rings. The Labute approximate surface area is 135 Å². The first-order valence-electron chi connectivity index (χ1n) is 7.66. The van der Waals surface area contributed by atoms with Crippen LogP contribution in [0.5, 0.6) is 0 Å². The van der Waals surface area contributed by atoms with Crippen molar-refractivity contribution < 1.29 is 14.7 Å². The maximum absolute atomic E-state index is 12.5. The van der Waals surface area contributed by atoms with Gasteiger partial charge in [-0.25, -0.2) is 0 Å². The summed E-state index contributed by atoms with van der Waals surface area (Å²) >= 11 is 0. The predicted octanol–water partition coefficient (Wildman–Crippen LogP) is 1.64. The fraction of sp³-hybridized carbons (Fsp3) is 0.333. The number of hydrogen-bond acceptors (Lipinski definition) is 3. The molecule has 1 saturated heterocycles. The maximum atomic E-state index is 12.5. The molecule has 1 aliphatic heterocycles. The van der Waals surface area contributed by atoms with Gasteiger partial charge in [0, 0.05) is 19.8 Å². The van der Waals surface area contributed by atoms with Crippen LogP contribution in [0, 0.1) is 6.92 Å². The number of aliphatic hydroxyl groups is 1. The van der Waals surface area contributed by atoms with Crippen molar-refractivity contribution in [1.29, 1.82) is 0 Å². The standard InChI is InChI=1S/C18H20N2O3/c1-13-6-3-4-7-14(13)18(23)9-11-20(12-18)17(22)16(21)15-8-5-10-19(15)2/h3-8,10,23H,9,11-12H2,1-2H3/t18-/m1/s1. The number of hydrogen-bond donors (Lipinski definition) is 1. The van der Waals surface area contributed by atoms with Crippen LogP contribution in [-0.4, -0.2) is 39.4 Å². The lowest BCUT2D eigenvalue weighted by molar-refractivity contribution is -0.126. The number of amides is 1. The van der Waals surface area contributed by atoms with Crippen LogP contribution in [0.3, 0.4) is 0 Å². The second kappa shape index (κ2) is 5.66. The van der Waals surface area contributed by atoms with Crippen molar-refractivity contribution >= 4 is 11.7 Å². The number of carbonyl (C=O) groups is 2. The SMILES string of the molecule is Cc1ccccc1[C@@]1(O)CCN(C(=O)C(=O)c2cccn2C)C1. The number of likely N-dealkylation sites (tertiary alicyclic amines) is 1. The lowest BCUT2D eigenvalue weighted by atomic mass is 9.89. The molecule has 1 atom stereocenters. The van der Waals surface area contributed by atoms with Gasteiger partial charge in [0.1, 0.15) is 5.60 Å². The van der Waals surface area contributed by atoms with E-state index < -0.39 is 17.3 Å². The van der Waals surface area contributed by atoms with Crippen LogP contribution in [0.15, 0.2) is 42.6 Å². The predicted molar refractivity (Wildman–Crippen MR) is 86.0 cm³/mol. The third-order valence-electron chi connectivity index (χ3n) is 4.55. The Kier molecular flexibility index (Phi) is 3.82. The van der Waals surface area contributed by atoms with Crippen LogP contribution in [0.1, 0.15) is 28.0 Å². The lowest BCUT2D eigenvalue weighted by Crippen LogP contribution is -2.38. The number of aromatic nitrogens is 1. The Balaban J connectivity index is 1.80. The minimum atomic E-state index is -1.09. The average Bonchev–Trinajstić information content (AvgIpc) is 3.13. The summed E-state index contributed by atoms with van der Waals surface area (Å²) in [6, 6.07) is 11.0. The molecule has 1 fully saturated rings. The van der Waals surface area contributed by atoms with Crippen molar-refractivity contribution in [3.63, 3.8) is 0 Å². The molecule has 1 aliphatic rings. The largest absolute Gasteiger partial charge is 0.383 e. The van der Waals surface area contributed by atoms with Gasteiger partial charge in [-0.3, -0.25) is 9.59 Å². The summed E-state index contributed by atoms with van der Waals surface area (Å²) in [5, 5.41) is 10.9. The summed E-state index contributed by atoms with van der Waals surface area (Å²) in [7, 11) is 1.73. The third kappa shape index (κ3) is 2.68. The molecule has 0 aliphatic carbocycles. The van der Waals surface area contributed by atoms with Gasteiger partial charge >= 0.3 is 0 Å². The highest BCUT2D eigenvalue weighted by Crippen LogP contribution is 2.34. The molecule has 0 radical (unpaired) electrons. The van der Waals surface area contributed by atoms with E-state index in [1.807, 2.05) is 31.2 Å². The third-order valence-corrected chi connectivity index (χ3v) is 4.55. The van der Waals surface area contributed by atoms with E-state index in [1.54, 1.807) is 29.9 Å². The van der Waals surface area contributed by atoms with Crippen molar-refractivity contribution in [3.05, 3.63) is 59.4 Å². The number of nitrogens with zero attached hydrogens (tertiary/aromatic N) is 2. The number of ketones is 1. The van der Waals surface area contributed by atoms with Gasteiger partial charge < -0.3 is 14.6 Å². The van der Waals surface area contributed by atoms with E-state index in [9.17, 15) is 14.7 Å². The van der Waals surface area contributed by atoms with Crippen molar-refractivity contribution in [2.45, 2.75) is 18.9 Å². The molecule has 120 valence electrons. The number of rotatable bonds is 3. The zero-order chi connectivity index (χ0) is 16.6. The molecule has 0 saturated carbocycles. The minimum absolute atomic E-state index is 0.146. The van der Waals surface area contributed by atoms with E-state index in [2.05, 4.69) is 0 Å². The van der Waals surface area contributed by atoms with Gasteiger partial charge in [-0.15, -0.1) is 0 Å². The molecular weight excluding hydrogens is 292 g/mol. The summed E-state index contributed by atoms with van der Waals surface area (Å²) in [5.74, 6) is -1.09. The van der Waals surface area contributed by atoms with Crippen LogP contribution in [-0.2, 0) is 17.4 Å². The first-order valence-corrected chi connectivity index (χ1v) is 7.66. The summed E-state index contributed by atoms with van der Waals surface area (Å²) in [6.07, 6.45) is 2.16. The molecule has 0 bridgehead atoms. The van der Waals surface area contributed by atoms with Crippen LogP contribution < -0.4 is 0 Å². The smallest absolute Gasteiger partial charge is 0.296 e. The van der Waals surface area contributed by atoms with Gasteiger partial charge in [0.25, 0.3) is 11.7 Å². The molecule has 2 heterocycles. The topological polar surface area (TPSA) is 62.5 Å². The fourth-order valence-corrected chi connectivity index (χ4v) is 3.23. The van der Waals surface area contributed by atoms with Crippen molar-refractivity contribution in [1.82, 2.24) is 9.47 Å². The molecule has 3 rings (SSSR count). The Bertz CT molecular complexity index is 765. The lowest BCUT2D eigenvalue weighted by Gasteiger charge is -2.25. The normalized spacial score (nSPS) is 20.7. The molecular formula is C18H20N2O3. The molecule has 0 spiro atoms. The van der Waals surface area contributed by atoms with E-state index in [-0.39, 0.29) is 6.54 Å². The van der Waals surface area contributed by atoms with Crippen LogP contribution in [0.4, 0.5) is 0 Å². The van der Waals surface area contributed by atoms with Crippen molar-refractivity contribution in [2.75, 3.05) is 13.1 Å². The van der Waals surface area contributed by atoms with E-state index in [4.69, 9.17) is 0 Å². The summed E-state index contributed by atoms with van der Waals surface area (Å²) < 4.78 is 1.63. The van der Waals surface area contributed by atoms with E-state index in [0.29, 0.717) is 18.7 Å². The number of carbonyl (C=O) groups excluding carboxylic acids is 2. The number of Topliss-reactive ketones (excluding diaryl/α,β-unsaturated/α-hetero) is 1. The molecule has 5 heteroatoms. The van der Waals surface area contributed by atoms with E-state index >= 15 is 0 Å². The molecule has 1 aromatic heterocycles. The van der Waals surface area contributed by atoms with Gasteiger partial charge in [-0.2, -0.15) is 0 Å². The highest BCUT2D eigenvalue weighted by molar-refractivity contribution is 6.42. The zero-order valence-electron chi connectivity index (χ0n) is 13.3. The van der Waals surface area contributed by atoms with Crippen LogP contribution in [0.25, 0.3) is 0 Å². The van der Waals surface area contributed by atoms with Crippen LogP contribution >= 0.6 is 0 Å². The van der Waals surface area contributed by atoms with Gasteiger partial charge in [0.2, 0.25) is 0 Å². The second-order valence-corrected chi connectivity index (χ2v) is 6.16. The van der Waals surface area contributed by atoms with Gasteiger partial charge in [-0.05, 0) is 36.6 Å².